The lowest BCUT2D eigenvalue weighted by Gasteiger charge is -2.21. The Hall–Kier alpha value is -7.22. The van der Waals surface area contributed by atoms with Crippen LogP contribution >= 0.6 is 0 Å². The van der Waals surface area contributed by atoms with Crippen molar-refractivity contribution in [3.05, 3.63) is 85.1 Å². The Labute approximate surface area is 306 Å². The van der Waals surface area contributed by atoms with E-state index in [2.05, 4.69) is 40.3 Å². The average molecular weight is 756 g/mol. The van der Waals surface area contributed by atoms with Gasteiger partial charge in [0.25, 0.3) is 15.9 Å². The van der Waals surface area contributed by atoms with Crippen LogP contribution in [0.3, 0.4) is 0 Å². The van der Waals surface area contributed by atoms with Crippen molar-refractivity contribution in [2.45, 2.75) is 4.90 Å². The molecule has 1 amide bonds. The molecule has 0 unspecified atom stereocenters. The monoisotopic (exact) mass is 755 g/mol. The highest BCUT2D eigenvalue weighted by Gasteiger charge is 2.27. The minimum Gasteiger partial charge on any atom is -0.497 e. The van der Waals surface area contributed by atoms with Gasteiger partial charge in [-0.15, -0.1) is 5.10 Å². The topological polar surface area (TPSA) is 235 Å². The van der Waals surface area contributed by atoms with Crippen LogP contribution in [0.4, 0.5) is 16.3 Å². The maximum absolute atomic E-state index is 13.9. The van der Waals surface area contributed by atoms with Crippen LogP contribution in [-0.4, -0.2) is 89.4 Å². The minimum absolute atomic E-state index is 0.0127. The van der Waals surface area contributed by atoms with Gasteiger partial charge in [-0.3, -0.25) is 14.6 Å². The zero-order chi connectivity index (χ0) is 37.7. The molecule has 4 heterocycles. The lowest BCUT2D eigenvalue weighted by atomic mass is 10.2. The molecule has 1 aliphatic heterocycles. The molecule has 0 radical (unpaired) electrons. The van der Waals surface area contributed by atoms with Gasteiger partial charge in [-0.1, -0.05) is 12.1 Å². The SMILES string of the molecule is COc1ccc(S(=O)(=O)Nc2nc(-c3ccnc(-c4nnn[nH]4)c3)nc(OCCN(C(=O)O)c3ccc4c(c3)OCO4)c2Oc2ccccc2OC)cc1. The van der Waals surface area contributed by atoms with Crippen molar-refractivity contribution in [3.8, 4) is 63.3 Å². The number of anilines is 2. The molecule has 3 aromatic carbocycles. The number of para-hydroxylation sites is 2. The summed E-state index contributed by atoms with van der Waals surface area (Å²) in [5, 5.41) is 23.8. The van der Waals surface area contributed by atoms with Crippen LogP contribution in [0.2, 0.25) is 0 Å². The first-order chi connectivity index (χ1) is 26.2. The summed E-state index contributed by atoms with van der Waals surface area (Å²) < 4.78 is 64.1. The minimum atomic E-state index is -4.33. The summed E-state index contributed by atoms with van der Waals surface area (Å²) in [4.78, 5) is 26.8. The average Bonchev–Trinajstić information content (AvgIpc) is 3.90. The molecule has 0 aliphatic carbocycles. The number of rotatable bonds is 14. The normalized spacial score (nSPS) is 11.8. The van der Waals surface area contributed by atoms with Gasteiger partial charge in [0.15, 0.2) is 40.5 Å². The third-order valence-electron chi connectivity index (χ3n) is 7.77. The molecule has 7 rings (SSSR count). The van der Waals surface area contributed by atoms with Crippen LogP contribution < -0.4 is 38.0 Å². The van der Waals surface area contributed by atoms with Gasteiger partial charge in [0.1, 0.15) is 18.1 Å². The van der Waals surface area contributed by atoms with E-state index in [4.69, 9.17) is 28.4 Å². The van der Waals surface area contributed by atoms with Crippen molar-refractivity contribution in [1.29, 1.82) is 0 Å². The number of aromatic nitrogens is 7. The number of benzene rings is 3. The van der Waals surface area contributed by atoms with Gasteiger partial charge < -0.3 is 33.5 Å². The fourth-order valence-electron chi connectivity index (χ4n) is 5.16. The molecule has 0 bridgehead atoms. The summed E-state index contributed by atoms with van der Waals surface area (Å²) >= 11 is 0. The quantitative estimate of drug-likeness (QED) is 0.138. The van der Waals surface area contributed by atoms with E-state index >= 15 is 0 Å². The molecule has 0 saturated carbocycles. The van der Waals surface area contributed by atoms with E-state index < -0.39 is 16.1 Å². The molecule has 54 heavy (non-hydrogen) atoms. The Balaban J connectivity index is 1.32. The molecular weight excluding hydrogens is 726 g/mol. The van der Waals surface area contributed by atoms with Gasteiger partial charge >= 0.3 is 6.09 Å². The van der Waals surface area contributed by atoms with E-state index in [-0.39, 0.29) is 59.7 Å². The van der Waals surface area contributed by atoms with Gasteiger partial charge in [-0.25, -0.2) is 23.3 Å². The zero-order valence-corrected chi connectivity index (χ0v) is 29.2. The summed E-state index contributed by atoms with van der Waals surface area (Å²) in [7, 11) is -1.43. The molecule has 3 aromatic heterocycles. The number of tetrazole rings is 1. The predicted octanol–water partition coefficient (Wildman–Crippen LogP) is 4.62. The number of pyridine rings is 1. The Kier molecular flexibility index (Phi) is 9.89. The van der Waals surface area contributed by atoms with Gasteiger partial charge in [0.2, 0.25) is 12.5 Å². The Morgan fingerprint density at radius 1 is 0.963 bits per heavy atom. The van der Waals surface area contributed by atoms with Crippen LogP contribution in [0.25, 0.3) is 22.9 Å². The van der Waals surface area contributed by atoms with Crippen molar-refractivity contribution in [2.75, 3.05) is 43.8 Å². The number of carbonyl (C=O) groups is 1. The van der Waals surface area contributed by atoms with E-state index in [0.717, 1.165) is 4.90 Å². The second-order valence-electron chi connectivity index (χ2n) is 11.1. The number of fused-ring (bicyclic) bond motifs is 1. The third-order valence-corrected chi connectivity index (χ3v) is 9.13. The number of methoxy groups -OCH3 is 2. The van der Waals surface area contributed by atoms with Crippen molar-refractivity contribution in [2.24, 2.45) is 0 Å². The van der Waals surface area contributed by atoms with Gasteiger partial charge in [-0.2, -0.15) is 4.98 Å². The maximum Gasteiger partial charge on any atom is 0.411 e. The molecule has 3 N–H and O–H groups in total. The summed E-state index contributed by atoms with van der Waals surface area (Å²) in [5.74, 6) is 1.21. The van der Waals surface area contributed by atoms with Crippen molar-refractivity contribution in [3.63, 3.8) is 0 Å². The Bertz CT molecular complexity index is 2400. The number of ether oxygens (including phenoxy) is 6. The molecule has 0 fully saturated rings. The predicted molar refractivity (Wildman–Crippen MR) is 189 cm³/mol. The summed E-state index contributed by atoms with van der Waals surface area (Å²) in [6.07, 6.45) is 0.193. The van der Waals surface area contributed by atoms with Crippen LogP contribution in [0.1, 0.15) is 0 Å². The highest BCUT2D eigenvalue weighted by Crippen LogP contribution is 2.42. The first-order valence-electron chi connectivity index (χ1n) is 15.9. The number of aromatic amines is 1. The van der Waals surface area contributed by atoms with Gasteiger partial charge in [-0.05, 0) is 71.1 Å². The molecular formula is C34H29N9O10S. The van der Waals surface area contributed by atoms with Crippen molar-refractivity contribution >= 4 is 27.6 Å². The third kappa shape index (κ3) is 7.53. The second-order valence-corrected chi connectivity index (χ2v) is 12.7. The number of nitrogens with one attached hydrogen (secondary N) is 2. The number of sulfonamides is 1. The first-order valence-corrected chi connectivity index (χ1v) is 17.3. The standard InChI is InChI=1S/C34H29N9O10S/c1-48-22-8-10-23(11-9-22)54(46,47)40-32-29(53-27-6-4-3-5-25(27)49-2)33(37-30(36-32)20-13-14-35-24(17-20)31-38-41-42-39-31)50-16-15-43(34(44)45)21-7-12-26-28(18-21)52-19-51-26/h3-14,17-18H,15-16,19H2,1-2H3,(H,44,45)(H,36,37,40)(H,38,39,41,42). The van der Waals surface area contributed by atoms with Crippen molar-refractivity contribution in [1.82, 2.24) is 35.6 Å². The Morgan fingerprint density at radius 3 is 2.50 bits per heavy atom. The largest absolute Gasteiger partial charge is 0.497 e. The molecule has 0 atom stereocenters. The summed E-state index contributed by atoms with van der Waals surface area (Å²) in [5.41, 5.74) is 0.991. The lowest BCUT2D eigenvalue weighted by Crippen LogP contribution is -2.33. The second kappa shape index (κ2) is 15.2. The fraction of sp³-hybridized carbons (Fsp3) is 0.147. The van der Waals surface area contributed by atoms with Crippen LogP contribution in [0.15, 0.2) is 90.0 Å². The number of hydrogen-bond donors (Lipinski definition) is 3. The summed E-state index contributed by atoms with van der Waals surface area (Å²) in [6.45, 7) is -0.471. The molecule has 6 aromatic rings. The van der Waals surface area contributed by atoms with E-state index in [1.165, 1.54) is 50.7 Å². The van der Waals surface area contributed by atoms with Crippen LogP contribution in [0, 0.1) is 0 Å². The van der Waals surface area contributed by atoms with E-state index in [1.54, 1.807) is 48.5 Å². The number of H-pyrrole nitrogens is 1. The molecule has 276 valence electrons. The zero-order valence-electron chi connectivity index (χ0n) is 28.4. The smallest absolute Gasteiger partial charge is 0.411 e. The number of nitrogens with zero attached hydrogens (tertiary/aromatic N) is 7. The highest BCUT2D eigenvalue weighted by atomic mass is 32.2. The summed E-state index contributed by atoms with van der Waals surface area (Å²) in [6, 6.07) is 20.2. The molecule has 1 aliphatic rings. The lowest BCUT2D eigenvalue weighted by molar-refractivity contribution is 0.174. The molecule has 20 heteroatoms. The fourth-order valence-corrected chi connectivity index (χ4v) is 6.17. The maximum atomic E-state index is 13.9. The Morgan fingerprint density at radius 2 is 1.76 bits per heavy atom. The van der Waals surface area contributed by atoms with Crippen LogP contribution in [-0.2, 0) is 10.0 Å². The van der Waals surface area contributed by atoms with E-state index in [1.807, 2.05) is 0 Å². The number of hydrogen-bond acceptors (Lipinski definition) is 15. The van der Waals surface area contributed by atoms with Gasteiger partial charge in [0, 0.05) is 17.8 Å². The first kappa shape index (κ1) is 35.2. The number of amides is 1. The van der Waals surface area contributed by atoms with Crippen LogP contribution in [0.5, 0.6) is 40.4 Å². The van der Waals surface area contributed by atoms with Gasteiger partial charge in [0.05, 0.1) is 31.3 Å². The van der Waals surface area contributed by atoms with E-state index in [9.17, 15) is 18.3 Å². The molecule has 0 spiro atoms. The number of carboxylic acid groups (broad SMARTS) is 1. The molecule has 0 saturated heterocycles. The molecule has 19 nitrogen and oxygen atoms in total. The van der Waals surface area contributed by atoms with Crippen molar-refractivity contribution < 1.29 is 46.7 Å². The highest BCUT2D eigenvalue weighted by molar-refractivity contribution is 7.92. The van der Waals surface area contributed by atoms with E-state index in [0.29, 0.717) is 39.9 Å².